The summed E-state index contributed by atoms with van der Waals surface area (Å²) in [6.45, 7) is 1.47. The van der Waals surface area contributed by atoms with Crippen LogP contribution in [0.25, 0.3) is 6.08 Å². The van der Waals surface area contributed by atoms with Gasteiger partial charge in [-0.25, -0.2) is 0 Å². The summed E-state index contributed by atoms with van der Waals surface area (Å²) in [4.78, 5) is 42.9. The number of ketones is 2. The van der Waals surface area contributed by atoms with Crippen LogP contribution in [-0.4, -0.2) is 29.6 Å². The number of para-hydroxylation sites is 1. The smallest absolute Gasteiger partial charge is 0.238 e. The lowest BCUT2D eigenvalue weighted by Crippen LogP contribution is -2.51. The van der Waals surface area contributed by atoms with Crippen LogP contribution in [0.3, 0.4) is 0 Å². The predicted molar refractivity (Wildman–Crippen MR) is 125 cm³/mol. The maximum absolute atomic E-state index is 14.0. The number of benzene rings is 2. The van der Waals surface area contributed by atoms with Gasteiger partial charge in [-0.3, -0.25) is 14.4 Å². The van der Waals surface area contributed by atoms with Gasteiger partial charge in [-0.2, -0.15) is 0 Å². The zero-order valence-corrected chi connectivity index (χ0v) is 18.4. The van der Waals surface area contributed by atoms with Crippen LogP contribution in [0.1, 0.15) is 28.6 Å². The molecule has 0 saturated carbocycles. The second kappa shape index (κ2) is 6.93. The van der Waals surface area contributed by atoms with Gasteiger partial charge in [-0.15, -0.1) is 0 Å². The van der Waals surface area contributed by atoms with Crippen LogP contribution in [-0.2, 0) is 15.0 Å². The number of carbonyl (C=O) groups is 3. The van der Waals surface area contributed by atoms with Gasteiger partial charge in [0.15, 0.2) is 11.5 Å². The third kappa shape index (κ3) is 2.52. The SMILES string of the molecule is CC(=O)C1C(C(=O)c2ccco2)C2(C(=O)Nc3ccccc32)C2C=Cc3cc(Cl)ccc3N12. The first-order valence-electron chi connectivity index (χ1n) is 10.7. The predicted octanol–water partition coefficient (Wildman–Crippen LogP) is 4.50. The largest absolute Gasteiger partial charge is 0.461 e. The number of furan rings is 1. The fraction of sp³-hybridized carbons (Fsp3) is 0.192. The number of carbonyl (C=O) groups excluding carboxylic acids is 3. The lowest BCUT2D eigenvalue weighted by Gasteiger charge is -2.37. The summed E-state index contributed by atoms with van der Waals surface area (Å²) in [6, 6.07) is 14.6. The normalized spacial score (nSPS) is 26.7. The molecule has 1 saturated heterocycles. The highest BCUT2D eigenvalue weighted by molar-refractivity contribution is 6.31. The molecular formula is C26H19ClN2O4. The molecule has 3 aliphatic rings. The van der Waals surface area contributed by atoms with Gasteiger partial charge in [0.05, 0.1) is 24.3 Å². The molecular weight excluding hydrogens is 440 g/mol. The maximum atomic E-state index is 14.0. The number of halogens is 1. The molecule has 4 unspecified atom stereocenters. The lowest BCUT2D eigenvalue weighted by atomic mass is 9.65. The Morgan fingerprint density at radius 3 is 2.70 bits per heavy atom. The van der Waals surface area contributed by atoms with E-state index in [0.717, 1.165) is 11.3 Å². The van der Waals surface area contributed by atoms with E-state index < -0.39 is 23.4 Å². The van der Waals surface area contributed by atoms with Gasteiger partial charge in [0.1, 0.15) is 5.41 Å². The Balaban J connectivity index is 1.67. The summed E-state index contributed by atoms with van der Waals surface area (Å²) in [5.41, 5.74) is 1.65. The molecule has 1 fully saturated rings. The minimum absolute atomic E-state index is 0.128. The van der Waals surface area contributed by atoms with E-state index in [1.807, 2.05) is 53.5 Å². The summed E-state index contributed by atoms with van der Waals surface area (Å²) in [5.74, 6) is -1.72. The molecule has 3 aliphatic heterocycles. The molecule has 1 aromatic heterocycles. The molecule has 6 rings (SSSR count). The molecule has 0 radical (unpaired) electrons. The van der Waals surface area contributed by atoms with Crippen LogP contribution in [0.2, 0.25) is 5.02 Å². The monoisotopic (exact) mass is 458 g/mol. The summed E-state index contributed by atoms with van der Waals surface area (Å²) < 4.78 is 5.45. The van der Waals surface area contributed by atoms with Crippen molar-refractivity contribution in [3.63, 3.8) is 0 Å². The van der Waals surface area contributed by atoms with Crippen molar-refractivity contribution in [2.24, 2.45) is 5.92 Å². The van der Waals surface area contributed by atoms with E-state index in [-0.39, 0.29) is 23.2 Å². The van der Waals surface area contributed by atoms with Crippen molar-refractivity contribution in [2.75, 3.05) is 10.2 Å². The third-order valence-corrected chi connectivity index (χ3v) is 7.29. The van der Waals surface area contributed by atoms with Gasteiger partial charge < -0.3 is 14.6 Å². The number of hydrogen-bond donors (Lipinski definition) is 1. The Morgan fingerprint density at radius 1 is 1.12 bits per heavy atom. The van der Waals surface area contributed by atoms with E-state index in [1.165, 1.54) is 13.2 Å². The van der Waals surface area contributed by atoms with Gasteiger partial charge in [0.25, 0.3) is 0 Å². The fourth-order valence-corrected chi connectivity index (χ4v) is 6.06. The summed E-state index contributed by atoms with van der Waals surface area (Å²) in [5, 5.41) is 3.54. The molecule has 2 aromatic carbocycles. The van der Waals surface area contributed by atoms with Gasteiger partial charge in [0, 0.05) is 16.4 Å². The van der Waals surface area contributed by atoms with Crippen LogP contribution in [0, 0.1) is 5.92 Å². The Kier molecular flexibility index (Phi) is 4.20. The number of hydrogen-bond acceptors (Lipinski definition) is 5. The Labute approximate surface area is 194 Å². The first kappa shape index (κ1) is 20.0. The molecule has 1 spiro atoms. The van der Waals surface area contributed by atoms with Crippen molar-refractivity contribution in [1.82, 2.24) is 0 Å². The molecule has 0 bridgehead atoms. The molecule has 33 heavy (non-hydrogen) atoms. The zero-order valence-electron chi connectivity index (χ0n) is 17.6. The second-order valence-electron chi connectivity index (χ2n) is 8.66. The van der Waals surface area contributed by atoms with Crippen molar-refractivity contribution >= 4 is 46.5 Å². The number of nitrogens with one attached hydrogen (secondary N) is 1. The van der Waals surface area contributed by atoms with Crippen LogP contribution in [0.5, 0.6) is 0 Å². The molecule has 164 valence electrons. The van der Waals surface area contributed by atoms with Crippen LogP contribution in [0.15, 0.2) is 71.4 Å². The Bertz CT molecular complexity index is 1360. The average molecular weight is 459 g/mol. The van der Waals surface area contributed by atoms with Crippen molar-refractivity contribution in [1.29, 1.82) is 0 Å². The molecule has 7 heteroatoms. The first-order valence-corrected chi connectivity index (χ1v) is 11.1. The average Bonchev–Trinajstić information content (AvgIpc) is 3.50. The quantitative estimate of drug-likeness (QED) is 0.585. The topological polar surface area (TPSA) is 79.6 Å². The number of amides is 1. The van der Waals surface area contributed by atoms with Crippen molar-refractivity contribution in [3.8, 4) is 0 Å². The van der Waals surface area contributed by atoms with E-state index in [0.29, 0.717) is 16.3 Å². The highest BCUT2D eigenvalue weighted by atomic mass is 35.5. The standard InChI is InChI=1S/C26H19ClN2O4/c1-14(30)23-22(24(31)20-7-4-12-33-20)26(17-5-2-3-6-18(17)28-25(26)32)21-11-8-15-13-16(27)9-10-19(15)29(21)23/h2-13,21-23H,1H3,(H,28,32). The van der Waals surface area contributed by atoms with E-state index in [2.05, 4.69) is 5.32 Å². The number of anilines is 2. The minimum atomic E-state index is -1.30. The minimum Gasteiger partial charge on any atom is -0.461 e. The fourth-order valence-electron chi connectivity index (χ4n) is 5.88. The number of rotatable bonds is 3. The Hall–Kier alpha value is -3.64. The molecule has 3 aromatic rings. The highest BCUT2D eigenvalue weighted by Crippen LogP contribution is 2.57. The van der Waals surface area contributed by atoms with Gasteiger partial charge >= 0.3 is 0 Å². The first-order chi connectivity index (χ1) is 15.9. The van der Waals surface area contributed by atoms with E-state index in [1.54, 1.807) is 18.2 Å². The third-order valence-electron chi connectivity index (χ3n) is 7.06. The van der Waals surface area contributed by atoms with Crippen LogP contribution >= 0.6 is 11.6 Å². The van der Waals surface area contributed by atoms with E-state index in [4.69, 9.17) is 16.0 Å². The maximum Gasteiger partial charge on any atom is 0.238 e. The van der Waals surface area contributed by atoms with Crippen LogP contribution < -0.4 is 10.2 Å². The van der Waals surface area contributed by atoms with Gasteiger partial charge in [-0.1, -0.05) is 42.0 Å². The van der Waals surface area contributed by atoms with Crippen molar-refractivity contribution in [3.05, 3.63) is 88.8 Å². The highest BCUT2D eigenvalue weighted by Gasteiger charge is 2.70. The summed E-state index contributed by atoms with van der Waals surface area (Å²) >= 11 is 6.23. The molecule has 6 nitrogen and oxygen atoms in total. The molecule has 4 heterocycles. The number of fused-ring (bicyclic) bond motifs is 6. The van der Waals surface area contributed by atoms with E-state index in [9.17, 15) is 14.4 Å². The molecule has 4 atom stereocenters. The summed E-state index contributed by atoms with van der Waals surface area (Å²) in [7, 11) is 0. The molecule has 1 N–H and O–H groups in total. The Morgan fingerprint density at radius 2 is 1.94 bits per heavy atom. The molecule has 1 amide bonds. The van der Waals surface area contributed by atoms with Crippen LogP contribution in [0.4, 0.5) is 11.4 Å². The van der Waals surface area contributed by atoms with Gasteiger partial charge in [-0.05, 0) is 54.4 Å². The molecule has 0 aliphatic carbocycles. The number of nitrogens with zero attached hydrogens (tertiary/aromatic N) is 1. The van der Waals surface area contributed by atoms with Crippen molar-refractivity contribution < 1.29 is 18.8 Å². The van der Waals surface area contributed by atoms with Crippen molar-refractivity contribution in [2.45, 2.75) is 24.4 Å². The second-order valence-corrected chi connectivity index (χ2v) is 9.09. The summed E-state index contributed by atoms with van der Waals surface area (Å²) in [6.07, 6.45) is 5.24. The zero-order chi connectivity index (χ0) is 22.9. The van der Waals surface area contributed by atoms with E-state index >= 15 is 0 Å². The number of Topliss-reactive ketones (excluding diaryl/α,β-unsaturated/α-hetero) is 2. The van der Waals surface area contributed by atoms with Gasteiger partial charge in [0.2, 0.25) is 11.7 Å². The lowest BCUT2D eigenvalue weighted by molar-refractivity contribution is -0.122.